The Labute approximate surface area is 81.8 Å². The molecule has 78 valence electrons. The van der Waals surface area contributed by atoms with Crippen molar-refractivity contribution < 1.29 is 4.74 Å². The lowest BCUT2D eigenvalue weighted by Crippen LogP contribution is -2.48. The summed E-state index contributed by atoms with van der Waals surface area (Å²) in [6.07, 6.45) is 3.26. The van der Waals surface area contributed by atoms with Gasteiger partial charge in [-0.1, -0.05) is 20.8 Å². The Morgan fingerprint density at radius 1 is 1.15 bits per heavy atom. The summed E-state index contributed by atoms with van der Waals surface area (Å²) < 4.78 is 5.44. The number of nitrogens with two attached hydrogens (primary N) is 1. The second kappa shape index (κ2) is 4.43. The molecule has 2 nitrogen and oxygen atoms in total. The van der Waals surface area contributed by atoms with Gasteiger partial charge in [0.25, 0.3) is 0 Å². The number of hydrogen-bond donors (Lipinski definition) is 1. The fraction of sp³-hybridized carbons (Fsp3) is 1.00. The summed E-state index contributed by atoms with van der Waals surface area (Å²) in [5.41, 5.74) is 6.44. The van der Waals surface area contributed by atoms with E-state index in [2.05, 4.69) is 20.8 Å². The summed E-state index contributed by atoms with van der Waals surface area (Å²) in [4.78, 5) is 0. The van der Waals surface area contributed by atoms with Crippen molar-refractivity contribution in [2.24, 2.45) is 17.6 Å². The molecule has 2 N–H and O–H groups in total. The molecular weight excluding hydrogens is 162 g/mol. The summed E-state index contributed by atoms with van der Waals surface area (Å²) in [6.45, 7) is 8.52. The molecule has 0 amide bonds. The van der Waals surface area contributed by atoms with Gasteiger partial charge in [0.15, 0.2) is 0 Å². The Morgan fingerprint density at radius 2 is 1.85 bits per heavy atom. The first kappa shape index (κ1) is 11.0. The summed E-state index contributed by atoms with van der Waals surface area (Å²) in [6, 6.07) is 0. The summed E-state index contributed by atoms with van der Waals surface area (Å²) in [7, 11) is 0. The minimum atomic E-state index is 0.0185. The first-order valence-electron chi connectivity index (χ1n) is 5.43. The lowest BCUT2D eigenvalue weighted by molar-refractivity contribution is 0.129. The van der Waals surface area contributed by atoms with Gasteiger partial charge in [-0.3, -0.25) is 0 Å². The van der Waals surface area contributed by atoms with E-state index >= 15 is 0 Å². The van der Waals surface area contributed by atoms with Gasteiger partial charge >= 0.3 is 0 Å². The van der Waals surface area contributed by atoms with Gasteiger partial charge in [0.05, 0.1) is 0 Å². The van der Waals surface area contributed by atoms with Crippen molar-refractivity contribution in [1.82, 2.24) is 0 Å². The molecule has 1 fully saturated rings. The van der Waals surface area contributed by atoms with Crippen LogP contribution in [0.1, 0.15) is 40.0 Å². The molecule has 2 unspecified atom stereocenters. The van der Waals surface area contributed by atoms with Crippen LogP contribution in [0.2, 0.25) is 0 Å². The fourth-order valence-corrected chi connectivity index (χ4v) is 2.11. The minimum absolute atomic E-state index is 0.0185. The van der Waals surface area contributed by atoms with Gasteiger partial charge < -0.3 is 10.5 Å². The molecule has 0 aromatic rings. The smallest absolute Gasteiger partial charge is 0.0483 e. The van der Waals surface area contributed by atoms with Crippen molar-refractivity contribution in [1.29, 1.82) is 0 Å². The molecule has 2 atom stereocenters. The predicted octanol–water partition coefficient (Wildman–Crippen LogP) is 2.18. The minimum Gasteiger partial charge on any atom is -0.381 e. The van der Waals surface area contributed by atoms with Crippen LogP contribution in [0.3, 0.4) is 0 Å². The molecule has 0 radical (unpaired) electrons. The Bertz CT molecular complexity index is 148. The largest absolute Gasteiger partial charge is 0.381 e. The van der Waals surface area contributed by atoms with Crippen LogP contribution < -0.4 is 5.73 Å². The van der Waals surface area contributed by atoms with Crippen LogP contribution in [0.5, 0.6) is 0 Å². The maximum Gasteiger partial charge on any atom is 0.0483 e. The number of hydrogen-bond acceptors (Lipinski definition) is 2. The first-order valence-corrected chi connectivity index (χ1v) is 5.43. The van der Waals surface area contributed by atoms with Gasteiger partial charge in [-0.25, -0.2) is 0 Å². The van der Waals surface area contributed by atoms with Crippen LogP contribution in [0, 0.1) is 11.8 Å². The molecule has 1 aliphatic rings. The molecule has 1 heterocycles. The second-order valence-corrected chi connectivity index (χ2v) is 4.73. The molecule has 0 aromatic carbocycles. The van der Waals surface area contributed by atoms with Crippen LogP contribution in [0.25, 0.3) is 0 Å². The van der Waals surface area contributed by atoms with E-state index in [0.29, 0.717) is 11.8 Å². The zero-order chi connectivity index (χ0) is 9.90. The summed E-state index contributed by atoms with van der Waals surface area (Å²) in [5, 5.41) is 0. The topological polar surface area (TPSA) is 35.2 Å². The maximum atomic E-state index is 6.42. The Morgan fingerprint density at radius 3 is 2.46 bits per heavy atom. The molecule has 0 aromatic heterocycles. The average molecular weight is 185 g/mol. The highest BCUT2D eigenvalue weighted by atomic mass is 16.5. The number of rotatable bonds is 2. The van der Waals surface area contributed by atoms with E-state index < -0.39 is 0 Å². The summed E-state index contributed by atoms with van der Waals surface area (Å²) in [5.74, 6) is 1.26. The Hall–Kier alpha value is -0.0800. The van der Waals surface area contributed by atoms with Crippen LogP contribution in [-0.2, 0) is 4.74 Å². The molecule has 0 bridgehead atoms. The standard InChI is InChI=1S/C11H23NO/c1-9(2)10(3)11(12)5-4-7-13-8-6-11/h9-10H,4-8,12H2,1-3H3. The van der Waals surface area contributed by atoms with Crippen molar-refractivity contribution >= 4 is 0 Å². The molecule has 1 saturated heterocycles. The zero-order valence-electron chi connectivity index (χ0n) is 9.18. The second-order valence-electron chi connectivity index (χ2n) is 4.73. The highest BCUT2D eigenvalue weighted by Gasteiger charge is 2.33. The van der Waals surface area contributed by atoms with Crippen LogP contribution >= 0.6 is 0 Å². The van der Waals surface area contributed by atoms with Crippen LogP contribution in [0.4, 0.5) is 0 Å². The van der Waals surface area contributed by atoms with Crippen LogP contribution in [-0.4, -0.2) is 18.8 Å². The van der Waals surface area contributed by atoms with Crippen molar-refractivity contribution in [3.63, 3.8) is 0 Å². The van der Waals surface area contributed by atoms with E-state index in [-0.39, 0.29) is 5.54 Å². The Balaban J connectivity index is 2.60. The van der Waals surface area contributed by atoms with Gasteiger partial charge in [0.1, 0.15) is 0 Å². The van der Waals surface area contributed by atoms with E-state index in [1.165, 1.54) is 0 Å². The third kappa shape index (κ3) is 2.68. The lowest BCUT2D eigenvalue weighted by Gasteiger charge is -2.36. The predicted molar refractivity (Wildman–Crippen MR) is 55.6 cm³/mol. The molecule has 0 spiro atoms. The molecular formula is C11H23NO. The monoisotopic (exact) mass is 185 g/mol. The van der Waals surface area contributed by atoms with Gasteiger partial charge in [0, 0.05) is 18.8 Å². The molecule has 0 saturated carbocycles. The van der Waals surface area contributed by atoms with E-state index in [4.69, 9.17) is 10.5 Å². The van der Waals surface area contributed by atoms with Crippen LogP contribution in [0.15, 0.2) is 0 Å². The fourth-order valence-electron chi connectivity index (χ4n) is 2.11. The third-order valence-electron chi connectivity index (χ3n) is 3.55. The van der Waals surface area contributed by atoms with Crippen molar-refractivity contribution in [2.75, 3.05) is 13.2 Å². The molecule has 0 aliphatic carbocycles. The highest BCUT2D eigenvalue weighted by Crippen LogP contribution is 2.31. The highest BCUT2D eigenvalue weighted by molar-refractivity contribution is 4.91. The Kier molecular flexibility index (Phi) is 3.74. The molecule has 1 rings (SSSR count). The molecule has 1 aliphatic heterocycles. The van der Waals surface area contributed by atoms with E-state index in [9.17, 15) is 0 Å². The van der Waals surface area contributed by atoms with Crippen molar-refractivity contribution in [2.45, 2.75) is 45.6 Å². The van der Waals surface area contributed by atoms with Gasteiger partial charge in [-0.2, -0.15) is 0 Å². The average Bonchev–Trinajstić information content (AvgIpc) is 2.29. The van der Waals surface area contributed by atoms with Crippen molar-refractivity contribution in [3.05, 3.63) is 0 Å². The first-order chi connectivity index (χ1) is 6.06. The van der Waals surface area contributed by atoms with E-state index in [1.807, 2.05) is 0 Å². The van der Waals surface area contributed by atoms with E-state index in [1.54, 1.807) is 0 Å². The molecule has 2 heteroatoms. The van der Waals surface area contributed by atoms with Crippen molar-refractivity contribution in [3.8, 4) is 0 Å². The SMILES string of the molecule is CC(C)C(C)C1(N)CCCOCC1. The quantitative estimate of drug-likeness (QED) is 0.715. The van der Waals surface area contributed by atoms with Gasteiger partial charge in [-0.05, 0) is 31.1 Å². The zero-order valence-corrected chi connectivity index (χ0v) is 9.18. The van der Waals surface area contributed by atoms with Gasteiger partial charge in [0.2, 0.25) is 0 Å². The third-order valence-corrected chi connectivity index (χ3v) is 3.55. The maximum absolute atomic E-state index is 6.42. The lowest BCUT2D eigenvalue weighted by atomic mass is 9.74. The summed E-state index contributed by atoms with van der Waals surface area (Å²) >= 11 is 0. The van der Waals surface area contributed by atoms with Gasteiger partial charge in [-0.15, -0.1) is 0 Å². The number of ether oxygens (including phenoxy) is 1. The van der Waals surface area contributed by atoms with E-state index in [0.717, 1.165) is 32.5 Å². The molecule has 13 heavy (non-hydrogen) atoms. The normalized spacial score (nSPS) is 33.0.